The first-order chi connectivity index (χ1) is 9.66. The molecule has 2 heterocycles. The molecule has 3 aromatic rings. The summed E-state index contributed by atoms with van der Waals surface area (Å²) in [5.41, 5.74) is 2.65. The zero-order valence-electron chi connectivity index (χ0n) is 10.6. The number of hydrogen-bond acceptors (Lipinski definition) is 3. The maximum absolute atomic E-state index is 13.1. The summed E-state index contributed by atoms with van der Waals surface area (Å²) in [6.07, 6.45) is -2.68. The first kappa shape index (κ1) is 13.0. The molecule has 0 unspecified atom stereocenters. The Labute approximate surface area is 118 Å². The van der Waals surface area contributed by atoms with E-state index in [2.05, 4.69) is 5.16 Å². The predicted octanol–water partition coefficient (Wildman–Crippen LogP) is 5.32. The Hall–Kier alpha value is -2.01. The van der Waals surface area contributed by atoms with E-state index in [1.165, 1.54) is 11.3 Å². The molecule has 2 nitrogen and oxygen atoms in total. The number of aryl methyl sites for hydroxylation is 1. The highest BCUT2D eigenvalue weighted by Gasteiger charge is 2.26. The van der Waals surface area contributed by atoms with Crippen LogP contribution in [-0.2, 0) is 0 Å². The molecular weight excluding hydrogens is 280 g/mol. The summed E-state index contributed by atoms with van der Waals surface area (Å²) >= 11 is 1.41. The number of hydrogen-bond donors (Lipinski definition) is 0. The maximum atomic E-state index is 13.1. The van der Waals surface area contributed by atoms with Gasteiger partial charge in [-0.2, -0.15) is 0 Å². The molecular formula is C15H11F2NOS. The molecule has 0 aliphatic heterocycles. The van der Waals surface area contributed by atoms with E-state index in [1.807, 2.05) is 48.7 Å². The van der Waals surface area contributed by atoms with Crippen LogP contribution in [0.15, 0.2) is 46.3 Å². The Morgan fingerprint density at radius 1 is 1.20 bits per heavy atom. The smallest absolute Gasteiger partial charge is 0.298 e. The SMILES string of the molecule is Cc1csc(-c2c(-c3ccccc3)noc2C(F)F)c1. The summed E-state index contributed by atoms with van der Waals surface area (Å²) in [5.74, 6) is -0.370. The van der Waals surface area contributed by atoms with E-state index in [0.29, 0.717) is 11.3 Å². The number of halogens is 2. The van der Waals surface area contributed by atoms with Gasteiger partial charge in [-0.05, 0) is 23.9 Å². The van der Waals surface area contributed by atoms with E-state index >= 15 is 0 Å². The normalized spacial score (nSPS) is 11.2. The van der Waals surface area contributed by atoms with Gasteiger partial charge in [-0.15, -0.1) is 11.3 Å². The first-order valence-corrected chi connectivity index (χ1v) is 6.93. The van der Waals surface area contributed by atoms with E-state index in [4.69, 9.17) is 4.52 Å². The van der Waals surface area contributed by atoms with Crippen molar-refractivity contribution in [2.24, 2.45) is 0 Å². The lowest BCUT2D eigenvalue weighted by Gasteiger charge is -2.01. The fraction of sp³-hybridized carbons (Fsp3) is 0.133. The van der Waals surface area contributed by atoms with Gasteiger partial charge in [0.15, 0.2) is 0 Å². The van der Waals surface area contributed by atoms with Crippen molar-refractivity contribution in [2.45, 2.75) is 13.3 Å². The summed E-state index contributed by atoms with van der Waals surface area (Å²) in [4.78, 5) is 0.748. The van der Waals surface area contributed by atoms with Crippen LogP contribution in [0.1, 0.15) is 17.7 Å². The molecule has 1 aromatic carbocycles. The van der Waals surface area contributed by atoms with E-state index in [1.54, 1.807) is 0 Å². The lowest BCUT2D eigenvalue weighted by atomic mass is 10.0. The quantitative estimate of drug-likeness (QED) is 0.653. The zero-order valence-corrected chi connectivity index (χ0v) is 11.5. The van der Waals surface area contributed by atoms with Gasteiger partial charge in [0.2, 0.25) is 5.76 Å². The van der Waals surface area contributed by atoms with Gasteiger partial charge in [-0.3, -0.25) is 0 Å². The average Bonchev–Trinajstić information content (AvgIpc) is 3.05. The number of alkyl halides is 2. The highest BCUT2D eigenvalue weighted by molar-refractivity contribution is 7.13. The summed E-state index contributed by atoms with van der Waals surface area (Å²) < 4.78 is 31.1. The van der Waals surface area contributed by atoms with Gasteiger partial charge in [-0.1, -0.05) is 35.5 Å². The topological polar surface area (TPSA) is 26.0 Å². The van der Waals surface area contributed by atoms with E-state index < -0.39 is 6.43 Å². The van der Waals surface area contributed by atoms with Crippen LogP contribution in [0.4, 0.5) is 8.78 Å². The molecule has 3 rings (SSSR count). The van der Waals surface area contributed by atoms with Crippen molar-refractivity contribution in [3.63, 3.8) is 0 Å². The highest BCUT2D eigenvalue weighted by atomic mass is 32.1. The standard InChI is InChI=1S/C15H11F2NOS/c1-9-7-11(20-8-9)12-13(10-5-3-2-4-6-10)18-19-14(12)15(16)17/h2-8,15H,1H3. The molecule has 0 saturated heterocycles. The first-order valence-electron chi connectivity index (χ1n) is 6.05. The molecule has 0 aliphatic carbocycles. The third-order valence-corrected chi connectivity index (χ3v) is 4.01. The molecule has 0 radical (unpaired) electrons. The fourth-order valence-corrected chi connectivity index (χ4v) is 3.00. The third-order valence-electron chi connectivity index (χ3n) is 2.94. The minimum Gasteiger partial charge on any atom is -0.354 e. The van der Waals surface area contributed by atoms with Crippen molar-refractivity contribution in [3.05, 3.63) is 53.1 Å². The zero-order chi connectivity index (χ0) is 14.1. The van der Waals surface area contributed by atoms with Crippen molar-refractivity contribution in [1.29, 1.82) is 0 Å². The second-order valence-electron chi connectivity index (χ2n) is 4.43. The van der Waals surface area contributed by atoms with Gasteiger partial charge in [0.05, 0.1) is 5.56 Å². The van der Waals surface area contributed by atoms with Crippen molar-refractivity contribution in [2.75, 3.05) is 0 Å². The molecule has 0 bridgehead atoms. The Balaban J connectivity index is 2.21. The van der Waals surface area contributed by atoms with Crippen LogP contribution >= 0.6 is 11.3 Å². The number of nitrogens with zero attached hydrogens (tertiary/aromatic N) is 1. The minimum atomic E-state index is -2.68. The van der Waals surface area contributed by atoms with Crippen LogP contribution in [-0.4, -0.2) is 5.16 Å². The van der Waals surface area contributed by atoms with Gasteiger partial charge in [0.25, 0.3) is 6.43 Å². The van der Waals surface area contributed by atoms with Gasteiger partial charge >= 0.3 is 0 Å². The van der Waals surface area contributed by atoms with Gasteiger partial charge < -0.3 is 4.52 Å². The fourth-order valence-electron chi connectivity index (χ4n) is 2.05. The van der Waals surface area contributed by atoms with Crippen LogP contribution < -0.4 is 0 Å². The Morgan fingerprint density at radius 2 is 1.95 bits per heavy atom. The molecule has 102 valence electrons. The molecule has 20 heavy (non-hydrogen) atoms. The summed E-state index contributed by atoms with van der Waals surface area (Å²) in [6.45, 7) is 1.93. The molecule has 0 amide bonds. The number of benzene rings is 1. The second-order valence-corrected chi connectivity index (χ2v) is 5.34. The lowest BCUT2D eigenvalue weighted by molar-refractivity contribution is 0.113. The number of rotatable bonds is 3. The molecule has 0 saturated carbocycles. The molecule has 0 N–H and O–H groups in total. The monoisotopic (exact) mass is 291 g/mol. The van der Waals surface area contributed by atoms with Gasteiger partial charge in [0, 0.05) is 10.4 Å². The third kappa shape index (κ3) is 2.25. The molecule has 2 aromatic heterocycles. The molecule has 0 atom stereocenters. The van der Waals surface area contributed by atoms with Crippen LogP contribution in [0.25, 0.3) is 21.7 Å². The highest BCUT2D eigenvalue weighted by Crippen LogP contribution is 2.41. The lowest BCUT2D eigenvalue weighted by Crippen LogP contribution is -1.85. The summed E-state index contributed by atoms with van der Waals surface area (Å²) in [5, 5.41) is 5.77. The Morgan fingerprint density at radius 3 is 2.55 bits per heavy atom. The van der Waals surface area contributed by atoms with Crippen LogP contribution in [0.3, 0.4) is 0 Å². The largest absolute Gasteiger partial charge is 0.354 e. The predicted molar refractivity (Wildman–Crippen MR) is 74.9 cm³/mol. The van der Waals surface area contributed by atoms with Crippen molar-refractivity contribution in [1.82, 2.24) is 5.16 Å². The van der Waals surface area contributed by atoms with E-state index in [-0.39, 0.29) is 5.76 Å². The van der Waals surface area contributed by atoms with Crippen molar-refractivity contribution < 1.29 is 13.3 Å². The van der Waals surface area contributed by atoms with E-state index in [0.717, 1.165) is 16.0 Å². The Bertz CT molecular complexity index is 719. The van der Waals surface area contributed by atoms with Crippen molar-refractivity contribution in [3.8, 4) is 21.7 Å². The molecule has 0 fully saturated rings. The molecule has 0 spiro atoms. The summed E-state index contributed by atoms with van der Waals surface area (Å²) in [7, 11) is 0. The second kappa shape index (κ2) is 5.17. The van der Waals surface area contributed by atoms with E-state index in [9.17, 15) is 8.78 Å². The van der Waals surface area contributed by atoms with Gasteiger partial charge in [0.1, 0.15) is 5.69 Å². The molecule has 0 aliphatic rings. The molecule has 5 heteroatoms. The number of aromatic nitrogens is 1. The maximum Gasteiger partial charge on any atom is 0.298 e. The number of thiophene rings is 1. The van der Waals surface area contributed by atoms with Crippen LogP contribution in [0, 0.1) is 6.92 Å². The van der Waals surface area contributed by atoms with Gasteiger partial charge in [-0.25, -0.2) is 8.78 Å². The summed E-state index contributed by atoms with van der Waals surface area (Å²) in [6, 6.07) is 11.1. The Kier molecular flexibility index (Phi) is 3.36. The van der Waals surface area contributed by atoms with Crippen molar-refractivity contribution >= 4 is 11.3 Å². The van der Waals surface area contributed by atoms with Crippen LogP contribution in [0.2, 0.25) is 0 Å². The average molecular weight is 291 g/mol. The minimum absolute atomic E-state index is 0.370. The van der Waals surface area contributed by atoms with Crippen LogP contribution in [0.5, 0.6) is 0 Å².